The van der Waals surface area contributed by atoms with Crippen molar-refractivity contribution < 1.29 is 4.74 Å². The van der Waals surface area contributed by atoms with Crippen molar-refractivity contribution in [3.05, 3.63) is 29.8 Å². The second-order valence-corrected chi connectivity index (χ2v) is 4.07. The minimum atomic E-state index is 0.740. The Morgan fingerprint density at radius 3 is 2.81 bits per heavy atom. The summed E-state index contributed by atoms with van der Waals surface area (Å²) in [6, 6.07) is 8.16. The van der Waals surface area contributed by atoms with Gasteiger partial charge in [-0.2, -0.15) is 0 Å². The predicted molar refractivity (Wildman–Crippen MR) is 68.1 cm³/mol. The number of hydrogen-bond donors (Lipinski definition) is 1. The van der Waals surface area contributed by atoms with E-state index in [9.17, 15) is 0 Å². The Bertz CT molecular complexity index is 302. The van der Waals surface area contributed by atoms with Crippen molar-refractivity contribution in [2.24, 2.45) is 0 Å². The molecule has 1 N–H and O–H groups in total. The van der Waals surface area contributed by atoms with Crippen molar-refractivity contribution in [2.75, 3.05) is 40.3 Å². The maximum absolute atomic E-state index is 5.68. The van der Waals surface area contributed by atoms with Crippen LogP contribution in [-0.4, -0.2) is 45.2 Å². The summed E-state index contributed by atoms with van der Waals surface area (Å²) in [7, 11) is 4.08. The molecule has 0 saturated carbocycles. The Morgan fingerprint density at radius 1 is 1.31 bits per heavy atom. The molecule has 0 spiro atoms. The van der Waals surface area contributed by atoms with E-state index in [1.165, 1.54) is 5.56 Å². The molecule has 90 valence electrons. The third kappa shape index (κ3) is 5.14. The third-order valence-corrected chi connectivity index (χ3v) is 2.47. The number of benzene rings is 1. The van der Waals surface area contributed by atoms with E-state index in [1.807, 2.05) is 19.2 Å². The van der Waals surface area contributed by atoms with Crippen LogP contribution < -0.4 is 10.1 Å². The normalized spacial score (nSPS) is 10.8. The summed E-state index contributed by atoms with van der Waals surface area (Å²) in [5.41, 5.74) is 1.24. The first kappa shape index (κ1) is 13.0. The molecule has 0 saturated heterocycles. The van der Waals surface area contributed by atoms with Crippen LogP contribution in [0.25, 0.3) is 0 Å². The fourth-order valence-electron chi connectivity index (χ4n) is 1.44. The summed E-state index contributed by atoms with van der Waals surface area (Å²) in [6.45, 7) is 5.83. The van der Waals surface area contributed by atoms with Crippen LogP contribution in [0.1, 0.15) is 5.56 Å². The van der Waals surface area contributed by atoms with Gasteiger partial charge in [-0.25, -0.2) is 0 Å². The van der Waals surface area contributed by atoms with Gasteiger partial charge in [-0.05, 0) is 38.7 Å². The highest BCUT2D eigenvalue weighted by Crippen LogP contribution is 2.11. The lowest BCUT2D eigenvalue weighted by Crippen LogP contribution is -2.30. The van der Waals surface area contributed by atoms with Crippen molar-refractivity contribution in [3.8, 4) is 5.75 Å². The summed E-state index contributed by atoms with van der Waals surface area (Å²) >= 11 is 0. The van der Waals surface area contributed by atoms with Crippen LogP contribution in [0.3, 0.4) is 0 Å². The van der Waals surface area contributed by atoms with E-state index in [2.05, 4.69) is 36.3 Å². The number of likely N-dealkylation sites (N-methyl/N-ethyl adjacent to an activating group) is 2. The first-order valence-corrected chi connectivity index (χ1v) is 5.75. The second kappa shape index (κ2) is 7.25. The molecule has 3 nitrogen and oxygen atoms in total. The van der Waals surface area contributed by atoms with Gasteiger partial charge >= 0.3 is 0 Å². The Labute approximate surface area is 98.4 Å². The maximum atomic E-state index is 5.68. The van der Waals surface area contributed by atoms with Crippen molar-refractivity contribution in [3.63, 3.8) is 0 Å². The monoisotopic (exact) mass is 222 g/mol. The summed E-state index contributed by atoms with van der Waals surface area (Å²) < 4.78 is 5.68. The van der Waals surface area contributed by atoms with Crippen molar-refractivity contribution in [2.45, 2.75) is 6.92 Å². The number of hydrogen-bond acceptors (Lipinski definition) is 3. The van der Waals surface area contributed by atoms with Gasteiger partial charge in [0.25, 0.3) is 0 Å². The highest BCUT2D eigenvalue weighted by molar-refractivity contribution is 5.27. The van der Waals surface area contributed by atoms with Gasteiger partial charge in [0.15, 0.2) is 0 Å². The summed E-state index contributed by atoms with van der Waals surface area (Å²) in [5, 5.41) is 3.13. The zero-order valence-electron chi connectivity index (χ0n) is 10.5. The number of nitrogens with zero attached hydrogens (tertiary/aromatic N) is 1. The van der Waals surface area contributed by atoms with Crippen molar-refractivity contribution >= 4 is 0 Å². The van der Waals surface area contributed by atoms with Gasteiger partial charge < -0.3 is 15.0 Å². The molecule has 0 heterocycles. The predicted octanol–water partition coefficient (Wildman–Crippen LogP) is 1.53. The zero-order valence-corrected chi connectivity index (χ0v) is 10.5. The van der Waals surface area contributed by atoms with Crippen LogP contribution in [0.4, 0.5) is 0 Å². The topological polar surface area (TPSA) is 24.5 Å². The van der Waals surface area contributed by atoms with Crippen LogP contribution in [-0.2, 0) is 0 Å². The van der Waals surface area contributed by atoms with Gasteiger partial charge in [0, 0.05) is 19.6 Å². The van der Waals surface area contributed by atoms with Crippen molar-refractivity contribution in [1.29, 1.82) is 0 Å². The molecule has 1 aromatic rings. The molecule has 0 aliphatic rings. The van der Waals surface area contributed by atoms with Crippen LogP contribution >= 0.6 is 0 Å². The van der Waals surface area contributed by atoms with E-state index in [0.717, 1.165) is 32.0 Å². The maximum Gasteiger partial charge on any atom is 0.119 e. The third-order valence-electron chi connectivity index (χ3n) is 2.47. The molecule has 0 aliphatic heterocycles. The lowest BCUT2D eigenvalue weighted by atomic mass is 10.2. The molecule has 3 heteroatoms. The van der Waals surface area contributed by atoms with E-state index in [0.29, 0.717) is 0 Å². The Morgan fingerprint density at radius 2 is 2.12 bits per heavy atom. The molecule has 0 amide bonds. The zero-order chi connectivity index (χ0) is 11.8. The van der Waals surface area contributed by atoms with Crippen LogP contribution in [0.2, 0.25) is 0 Å². The number of nitrogens with one attached hydrogen (secondary N) is 1. The number of ether oxygens (including phenoxy) is 1. The molecule has 0 aromatic heterocycles. The van der Waals surface area contributed by atoms with Crippen molar-refractivity contribution in [1.82, 2.24) is 10.2 Å². The summed E-state index contributed by atoms with van der Waals surface area (Å²) in [6.07, 6.45) is 0. The number of rotatable bonds is 7. The van der Waals surface area contributed by atoms with E-state index < -0.39 is 0 Å². The van der Waals surface area contributed by atoms with Gasteiger partial charge in [-0.3, -0.25) is 0 Å². The lowest BCUT2D eigenvalue weighted by molar-refractivity contribution is 0.238. The van der Waals surface area contributed by atoms with Gasteiger partial charge in [-0.1, -0.05) is 12.1 Å². The minimum absolute atomic E-state index is 0.740. The van der Waals surface area contributed by atoms with Gasteiger partial charge in [0.05, 0.1) is 0 Å². The average Bonchev–Trinajstić information content (AvgIpc) is 2.26. The average molecular weight is 222 g/mol. The molecular formula is C13H22N2O. The second-order valence-electron chi connectivity index (χ2n) is 4.07. The van der Waals surface area contributed by atoms with E-state index in [4.69, 9.17) is 4.74 Å². The van der Waals surface area contributed by atoms with Crippen LogP contribution in [0.5, 0.6) is 5.75 Å². The molecule has 1 aromatic carbocycles. The number of aryl methyl sites for hydroxylation is 1. The molecule has 0 atom stereocenters. The molecule has 1 rings (SSSR count). The van der Waals surface area contributed by atoms with Crippen LogP contribution in [0.15, 0.2) is 24.3 Å². The molecule has 0 bridgehead atoms. The summed E-state index contributed by atoms with van der Waals surface area (Å²) in [5.74, 6) is 0.960. The SMILES string of the molecule is CNCCN(C)CCOc1cccc(C)c1. The Balaban J connectivity index is 2.20. The highest BCUT2D eigenvalue weighted by Gasteiger charge is 1.98. The molecule has 16 heavy (non-hydrogen) atoms. The standard InChI is InChI=1S/C13H22N2O/c1-12-5-4-6-13(11-12)16-10-9-15(3)8-7-14-2/h4-6,11,14H,7-10H2,1-3H3. The van der Waals surface area contributed by atoms with E-state index in [1.54, 1.807) is 0 Å². The highest BCUT2D eigenvalue weighted by atomic mass is 16.5. The molecule has 0 unspecified atom stereocenters. The quantitative estimate of drug-likeness (QED) is 0.757. The van der Waals surface area contributed by atoms with E-state index in [-0.39, 0.29) is 0 Å². The van der Waals surface area contributed by atoms with Gasteiger partial charge in [0.2, 0.25) is 0 Å². The molecule has 0 fully saturated rings. The van der Waals surface area contributed by atoms with Crippen LogP contribution in [0, 0.1) is 6.92 Å². The lowest BCUT2D eigenvalue weighted by Gasteiger charge is -2.16. The summed E-state index contributed by atoms with van der Waals surface area (Å²) in [4.78, 5) is 2.26. The molecule has 0 aliphatic carbocycles. The minimum Gasteiger partial charge on any atom is -0.492 e. The smallest absolute Gasteiger partial charge is 0.119 e. The fourth-order valence-corrected chi connectivity index (χ4v) is 1.44. The Hall–Kier alpha value is -1.06. The van der Waals surface area contributed by atoms with Gasteiger partial charge in [-0.15, -0.1) is 0 Å². The largest absolute Gasteiger partial charge is 0.492 e. The fraction of sp³-hybridized carbons (Fsp3) is 0.538. The van der Waals surface area contributed by atoms with Gasteiger partial charge in [0.1, 0.15) is 12.4 Å². The first-order chi connectivity index (χ1) is 7.72. The molecule has 0 radical (unpaired) electrons. The Kier molecular flexibility index (Phi) is 5.90. The molecular weight excluding hydrogens is 200 g/mol. The first-order valence-electron chi connectivity index (χ1n) is 5.75. The van der Waals surface area contributed by atoms with E-state index >= 15 is 0 Å².